The molecule has 0 aliphatic carbocycles. The highest BCUT2D eigenvalue weighted by Crippen LogP contribution is 2.32. The van der Waals surface area contributed by atoms with Crippen molar-refractivity contribution in [2.45, 2.75) is 12.5 Å². The van der Waals surface area contributed by atoms with Gasteiger partial charge in [0.25, 0.3) is 0 Å². The normalized spacial score (nSPS) is 18.8. The van der Waals surface area contributed by atoms with Crippen LogP contribution in [0.5, 0.6) is 0 Å². The van der Waals surface area contributed by atoms with Gasteiger partial charge >= 0.3 is 0 Å². The second-order valence-electron chi connectivity index (χ2n) is 4.45. The number of rotatable bonds is 4. The van der Waals surface area contributed by atoms with Gasteiger partial charge in [-0.25, -0.2) is 0 Å². The molecule has 1 saturated heterocycles. The van der Waals surface area contributed by atoms with Gasteiger partial charge in [0.1, 0.15) is 0 Å². The van der Waals surface area contributed by atoms with E-state index >= 15 is 0 Å². The number of halogens is 3. The van der Waals surface area contributed by atoms with Gasteiger partial charge in [-0.1, -0.05) is 27.5 Å². The summed E-state index contributed by atoms with van der Waals surface area (Å²) >= 11 is 9.60. The summed E-state index contributed by atoms with van der Waals surface area (Å²) in [6, 6.07) is 5.82. The Bertz CT molecular complexity index is 397. The Balaban J connectivity index is 2.24. The zero-order valence-electron chi connectivity index (χ0n) is 10.1. The molecule has 0 bridgehead atoms. The molecule has 0 unspecified atom stereocenters. The molecule has 1 heterocycles. The fourth-order valence-corrected chi connectivity index (χ4v) is 3.09. The van der Waals surface area contributed by atoms with Gasteiger partial charge in [-0.15, -0.1) is 0 Å². The van der Waals surface area contributed by atoms with Gasteiger partial charge in [0, 0.05) is 41.7 Å². The van der Waals surface area contributed by atoms with Gasteiger partial charge in [0.05, 0.1) is 6.67 Å². The summed E-state index contributed by atoms with van der Waals surface area (Å²) < 4.78 is 13.8. The SMILES string of the molecule is FCC[C@H](c1cc(Cl)ccc1Br)N1CCNCC1. The summed E-state index contributed by atoms with van der Waals surface area (Å²) in [4.78, 5) is 2.33. The lowest BCUT2D eigenvalue weighted by molar-refractivity contribution is 0.157. The van der Waals surface area contributed by atoms with Gasteiger partial charge < -0.3 is 5.32 Å². The highest BCUT2D eigenvalue weighted by atomic mass is 79.9. The molecule has 1 atom stereocenters. The molecule has 1 aliphatic heterocycles. The average Bonchev–Trinajstić information content (AvgIpc) is 2.40. The summed E-state index contributed by atoms with van der Waals surface area (Å²) in [5.41, 5.74) is 1.09. The van der Waals surface area contributed by atoms with Crippen molar-refractivity contribution in [1.29, 1.82) is 0 Å². The predicted octanol–water partition coefficient (Wildman–Crippen LogP) is 3.41. The van der Waals surface area contributed by atoms with E-state index in [4.69, 9.17) is 11.6 Å². The van der Waals surface area contributed by atoms with Crippen molar-refractivity contribution in [1.82, 2.24) is 10.2 Å². The predicted molar refractivity (Wildman–Crippen MR) is 76.9 cm³/mol. The van der Waals surface area contributed by atoms with E-state index in [1.54, 1.807) is 0 Å². The Kier molecular flexibility index (Phi) is 5.42. The number of hydrogen-bond acceptors (Lipinski definition) is 2. The molecule has 0 amide bonds. The maximum Gasteiger partial charge on any atom is 0.0912 e. The quantitative estimate of drug-likeness (QED) is 0.907. The summed E-state index contributed by atoms with van der Waals surface area (Å²) in [5.74, 6) is 0. The summed E-state index contributed by atoms with van der Waals surface area (Å²) in [6.07, 6.45) is 0.513. The van der Waals surface area contributed by atoms with Crippen molar-refractivity contribution in [3.05, 3.63) is 33.3 Å². The third-order valence-electron chi connectivity index (χ3n) is 3.29. The molecule has 1 aliphatic rings. The van der Waals surface area contributed by atoms with E-state index in [2.05, 4.69) is 26.1 Å². The molecule has 2 nitrogen and oxygen atoms in total. The van der Waals surface area contributed by atoms with E-state index < -0.39 is 0 Å². The van der Waals surface area contributed by atoms with Crippen LogP contribution < -0.4 is 5.32 Å². The largest absolute Gasteiger partial charge is 0.314 e. The molecule has 100 valence electrons. The zero-order chi connectivity index (χ0) is 13.0. The molecule has 1 aromatic rings. The average molecular weight is 336 g/mol. The first-order chi connectivity index (χ1) is 8.72. The second-order valence-corrected chi connectivity index (χ2v) is 5.74. The minimum Gasteiger partial charge on any atom is -0.314 e. The number of nitrogens with zero attached hydrogens (tertiary/aromatic N) is 1. The lowest BCUT2D eigenvalue weighted by Gasteiger charge is -2.35. The lowest BCUT2D eigenvalue weighted by Crippen LogP contribution is -2.45. The monoisotopic (exact) mass is 334 g/mol. The second kappa shape index (κ2) is 6.85. The number of nitrogens with one attached hydrogen (secondary N) is 1. The highest BCUT2D eigenvalue weighted by molar-refractivity contribution is 9.10. The van der Waals surface area contributed by atoms with Crippen LogP contribution in [0.2, 0.25) is 5.02 Å². The molecule has 18 heavy (non-hydrogen) atoms. The molecule has 5 heteroatoms. The van der Waals surface area contributed by atoms with Gasteiger partial charge in [0.2, 0.25) is 0 Å². The minimum atomic E-state index is -0.312. The minimum absolute atomic E-state index is 0.102. The highest BCUT2D eigenvalue weighted by Gasteiger charge is 2.23. The molecule has 0 spiro atoms. The fourth-order valence-electron chi connectivity index (χ4n) is 2.40. The molecule has 1 N–H and O–H groups in total. The number of benzene rings is 1. The van der Waals surface area contributed by atoms with Crippen molar-refractivity contribution in [3.63, 3.8) is 0 Å². The molecular weight excluding hydrogens is 319 g/mol. The fraction of sp³-hybridized carbons (Fsp3) is 0.538. The van der Waals surface area contributed by atoms with E-state index in [9.17, 15) is 4.39 Å². The Morgan fingerprint density at radius 1 is 1.39 bits per heavy atom. The van der Waals surface area contributed by atoms with Gasteiger partial charge in [-0.2, -0.15) is 0 Å². The summed E-state index contributed by atoms with van der Waals surface area (Å²) in [5, 5.41) is 4.02. The van der Waals surface area contributed by atoms with Gasteiger partial charge in [0.15, 0.2) is 0 Å². The van der Waals surface area contributed by atoms with Gasteiger partial charge in [-0.05, 0) is 30.2 Å². The summed E-state index contributed by atoms with van der Waals surface area (Å²) in [6.45, 7) is 3.50. The number of piperazine rings is 1. The third kappa shape index (κ3) is 3.44. The van der Waals surface area contributed by atoms with E-state index in [0.717, 1.165) is 36.2 Å². The van der Waals surface area contributed by atoms with Crippen LogP contribution >= 0.6 is 27.5 Å². The maximum absolute atomic E-state index is 12.8. The maximum atomic E-state index is 12.8. The first-order valence-electron chi connectivity index (χ1n) is 6.18. The molecule has 0 saturated carbocycles. The molecule has 0 aromatic heterocycles. The lowest BCUT2D eigenvalue weighted by atomic mass is 10.0. The van der Waals surface area contributed by atoms with Crippen LogP contribution in [0.3, 0.4) is 0 Å². The van der Waals surface area contributed by atoms with Crippen LogP contribution in [0.1, 0.15) is 18.0 Å². The number of hydrogen-bond donors (Lipinski definition) is 1. The van der Waals surface area contributed by atoms with Crippen LogP contribution in [0, 0.1) is 0 Å². The molecule has 1 fully saturated rings. The zero-order valence-corrected chi connectivity index (χ0v) is 12.5. The molecule has 0 radical (unpaired) electrons. The third-order valence-corrected chi connectivity index (χ3v) is 4.25. The standard InChI is InChI=1S/C13H17BrClFN2/c14-12-2-1-10(15)9-11(12)13(3-4-16)18-7-5-17-6-8-18/h1-2,9,13,17H,3-8H2/t13-/m1/s1. The van der Waals surface area contributed by atoms with Crippen molar-refractivity contribution >= 4 is 27.5 Å². The van der Waals surface area contributed by atoms with Crippen molar-refractivity contribution < 1.29 is 4.39 Å². The van der Waals surface area contributed by atoms with E-state index in [1.165, 1.54) is 0 Å². The van der Waals surface area contributed by atoms with Crippen molar-refractivity contribution in [2.24, 2.45) is 0 Å². The Hall–Kier alpha value is -0.160. The van der Waals surface area contributed by atoms with E-state index in [0.29, 0.717) is 11.4 Å². The van der Waals surface area contributed by atoms with Crippen LogP contribution in [0.4, 0.5) is 4.39 Å². The van der Waals surface area contributed by atoms with Crippen LogP contribution in [-0.4, -0.2) is 37.8 Å². The topological polar surface area (TPSA) is 15.3 Å². The number of alkyl halides is 1. The van der Waals surface area contributed by atoms with Crippen molar-refractivity contribution in [2.75, 3.05) is 32.9 Å². The van der Waals surface area contributed by atoms with Gasteiger partial charge in [-0.3, -0.25) is 9.29 Å². The van der Waals surface area contributed by atoms with Crippen LogP contribution in [-0.2, 0) is 0 Å². The first kappa shape index (κ1) is 14.3. The smallest absolute Gasteiger partial charge is 0.0912 e. The molecule has 2 rings (SSSR count). The van der Waals surface area contributed by atoms with E-state index in [-0.39, 0.29) is 12.7 Å². The molecular formula is C13H17BrClFN2. The van der Waals surface area contributed by atoms with Crippen LogP contribution in [0.25, 0.3) is 0 Å². The van der Waals surface area contributed by atoms with E-state index in [1.807, 2.05) is 18.2 Å². The summed E-state index contributed by atoms with van der Waals surface area (Å²) in [7, 11) is 0. The Labute approximate surface area is 121 Å². The Morgan fingerprint density at radius 2 is 2.11 bits per heavy atom. The Morgan fingerprint density at radius 3 is 2.78 bits per heavy atom. The van der Waals surface area contributed by atoms with Crippen molar-refractivity contribution in [3.8, 4) is 0 Å². The van der Waals surface area contributed by atoms with Crippen LogP contribution in [0.15, 0.2) is 22.7 Å². The first-order valence-corrected chi connectivity index (χ1v) is 7.35. The molecule has 1 aromatic carbocycles.